The lowest BCUT2D eigenvalue weighted by Gasteiger charge is -2.28. The highest BCUT2D eigenvalue weighted by Crippen LogP contribution is 2.26. The summed E-state index contributed by atoms with van der Waals surface area (Å²) < 4.78 is 16.3. The lowest BCUT2D eigenvalue weighted by atomic mass is 9.90. The average Bonchev–Trinajstić information content (AvgIpc) is 2.88. The van der Waals surface area contributed by atoms with Crippen molar-refractivity contribution in [2.75, 3.05) is 18.5 Å². The van der Waals surface area contributed by atoms with E-state index in [1.165, 1.54) is 0 Å². The fourth-order valence-corrected chi connectivity index (χ4v) is 1.94. The standard InChI is InChI=1S/C13H20N2O4/c1-13(2,8-18-12-5-3-4-6-17-12)10-7-11(14-9-16)19-15-10/h7,9,12H,3-6,8H2,1-2H3,(H,14,16). The van der Waals surface area contributed by atoms with E-state index in [9.17, 15) is 4.79 Å². The Morgan fingerprint density at radius 1 is 1.58 bits per heavy atom. The molecule has 1 aliphatic rings. The number of nitrogens with zero attached hydrogens (tertiary/aromatic N) is 1. The summed E-state index contributed by atoms with van der Waals surface area (Å²) >= 11 is 0. The maximum Gasteiger partial charge on any atom is 0.231 e. The maximum atomic E-state index is 10.3. The van der Waals surface area contributed by atoms with Crippen molar-refractivity contribution in [3.05, 3.63) is 11.8 Å². The molecule has 1 aromatic rings. The zero-order chi connectivity index (χ0) is 13.7. The van der Waals surface area contributed by atoms with E-state index in [0.29, 0.717) is 18.9 Å². The van der Waals surface area contributed by atoms with Crippen molar-refractivity contribution in [1.29, 1.82) is 0 Å². The highest BCUT2D eigenvalue weighted by atomic mass is 16.7. The van der Waals surface area contributed by atoms with Gasteiger partial charge in [-0.1, -0.05) is 19.0 Å². The van der Waals surface area contributed by atoms with Gasteiger partial charge in [-0.15, -0.1) is 0 Å². The van der Waals surface area contributed by atoms with Crippen molar-refractivity contribution in [3.8, 4) is 0 Å². The number of carbonyl (C=O) groups excluding carboxylic acids is 1. The largest absolute Gasteiger partial charge is 0.353 e. The molecule has 106 valence electrons. The van der Waals surface area contributed by atoms with E-state index in [0.717, 1.165) is 31.6 Å². The highest BCUT2D eigenvalue weighted by Gasteiger charge is 2.27. The zero-order valence-corrected chi connectivity index (χ0v) is 11.3. The Kier molecular flexibility index (Phi) is 4.55. The second kappa shape index (κ2) is 6.16. The van der Waals surface area contributed by atoms with Crippen molar-refractivity contribution in [1.82, 2.24) is 5.16 Å². The first-order valence-electron chi connectivity index (χ1n) is 6.52. The molecular formula is C13H20N2O4. The Bertz CT molecular complexity index is 411. The number of amides is 1. The molecule has 2 heterocycles. The Hall–Kier alpha value is -1.40. The van der Waals surface area contributed by atoms with Crippen LogP contribution in [-0.4, -0.2) is 31.1 Å². The lowest BCUT2D eigenvalue weighted by Crippen LogP contribution is -2.31. The van der Waals surface area contributed by atoms with Crippen LogP contribution in [0.25, 0.3) is 0 Å². The van der Waals surface area contributed by atoms with E-state index < -0.39 is 0 Å². The van der Waals surface area contributed by atoms with Crippen LogP contribution in [0.1, 0.15) is 38.8 Å². The van der Waals surface area contributed by atoms with Crippen LogP contribution >= 0.6 is 0 Å². The molecule has 6 heteroatoms. The third-order valence-electron chi connectivity index (χ3n) is 3.17. The number of anilines is 1. The van der Waals surface area contributed by atoms with E-state index in [1.807, 2.05) is 13.8 Å². The molecule has 0 spiro atoms. The van der Waals surface area contributed by atoms with Crippen molar-refractivity contribution in [2.45, 2.75) is 44.8 Å². The van der Waals surface area contributed by atoms with E-state index in [4.69, 9.17) is 14.0 Å². The van der Waals surface area contributed by atoms with E-state index >= 15 is 0 Å². The van der Waals surface area contributed by atoms with Crippen LogP contribution in [0.2, 0.25) is 0 Å². The zero-order valence-electron chi connectivity index (χ0n) is 11.3. The van der Waals surface area contributed by atoms with E-state index in [2.05, 4.69) is 10.5 Å². The molecule has 1 atom stereocenters. The van der Waals surface area contributed by atoms with Crippen molar-refractivity contribution >= 4 is 12.3 Å². The Morgan fingerprint density at radius 3 is 3.11 bits per heavy atom. The van der Waals surface area contributed by atoms with Crippen LogP contribution in [0.5, 0.6) is 0 Å². The highest BCUT2D eigenvalue weighted by molar-refractivity contribution is 5.67. The van der Waals surface area contributed by atoms with Crippen molar-refractivity contribution in [2.24, 2.45) is 0 Å². The summed E-state index contributed by atoms with van der Waals surface area (Å²) in [5, 5.41) is 6.38. The molecule has 2 rings (SSSR count). The molecule has 1 fully saturated rings. The van der Waals surface area contributed by atoms with Gasteiger partial charge in [0.2, 0.25) is 12.3 Å². The van der Waals surface area contributed by atoms with Crippen LogP contribution in [0, 0.1) is 0 Å². The summed E-state index contributed by atoms with van der Waals surface area (Å²) in [5.74, 6) is 0.340. The molecule has 1 amide bonds. The minimum Gasteiger partial charge on any atom is -0.353 e. The smallest absolute Gasteiger partial charge is 0.231 e. The van der Waals surface area contributed by atoms with Gasteiger partial charge in [-0.25, -0.2) is 0 Å². The van der Waals surface area contributed by atoms with Crippen LogP contribution in [0.4, 0.5) is 5.88 Å². The predicted octanol–water partition coefficient (Wildman–Crippen LogP) is 2.06. The maximum absolute atomic E-state index is 10.3. The third kappa shape index (κ3) is 3.78. The van der Waals surface area contributed by atoms with Gasteiger partial charge in [0.15, 0.2) is 6.29 Å². The average molecular weight is 268 g/mol. The molecule has 1 N–H and O–H groups in total. The Balaban J connectivity index is 1.90. The Labute approximate surface area is 112 Å². The quantitative estimate of drug-likeness (QED) is 0.799. The molecular weight excluding hydrogens is 248 g/mol. The predicted molar refractivity (Wildman–Crippen MR) is 68.8 cm³/mol. The molecule has 1 unspecified atom stereocenters. The van der Waals surface area contributed by atoms with Gasteiger partial charge in [-0.2, -0.15) is 0 Å². The SMILES string of the molecule is CC(C)(COC1CCCCO1)c1cc(NC=O)on1. The fraction of sp³-hybridized carbons (Fsp3) is 0.692. The number of aromatic nitrogens is 1. The van der Waals surface area contributed by atoms with Crippen molar-refractivity contribution < 1.29 is 18.8 Å². The summed E-state index contributed by atoms with van der Waals surface area (Å²) in [6, 6.07) is 1.71. The minimum atomic E-state index is -0.298. The number of hydrogen-bond acceptors (Lipinski definition) is 5. The van der Waals surface area contributed by atoms with Gasteiger partial charge in [0, 0.05) is 18.1 Å². The van der Waals surface area contributed by atoms with Gasteiger partial charge in [0.05, 0.1) is 12.3 Å². The molecule has 0 saturated carbocycles. The van der Waals surface area contributed by atoms with Crippen LogP contribution in [-0.2, 0) is 19.7 Å². The van der Waals surface area contributed by atoms with Gasteiger partial charge >= 0.3 is 0 Å². The van der Waals surface area contributed by atoms with E-state index in [1.54, 1.807) is 6.07 Å². The van der Waals surface area contributed by atoms with Crippen LogP contribution < -0.4 is 5.32 Å². The third-order valence-corrected chi connectivity index (χ3v) is 3.17. The summed E-state index contributed by atoms with van der Waals surface area (Å²) in [4.78, 5) is 10.3. The molecule has 19 heavy (non-hydrogen) atoms. The monoisotopic (exact) mass is 268 g/mol. The van der Waals surface area contributed by atoms with Gasteiger partial charge in [-0.05, 0) is 19.3 Å². The molecule has 1 saturated heterocycles. The number of carbonyl (C=O) groups is 1. The first kappa shape index (κ1) is 14.0. The fourth-order valence-electron chi connectivity index (χ4n) is 1.94. The summed E-state index contributed by atoms with van der Waals surface area (Å²) in [6.45, 7) is 5.28. The number of ether oxygens (including phenoxy) is 2. The molecule has 1 aromatic heterocycles. The lowest BCUT2D eigenvalue weighted by molar-refractivity contribution is -0.170. The second-order valence-corrected chi connectivity index (χ2v) is 5.33. The first-order chi connectivity index (χ1) is 9.12. The number of nitrogens with one attached hydrogen (secondary N) is 1. The summed E-state index contributed by atoms with van der Waals surface area (Å²) in [7, 11) is 0. The molecule has 0 aromatic carbocycles. The molecule has 0 radical (unpaired) electrons. The first-order valence-corrected chi connectivity index (χ1v) is 6.52. The van der Waals surface area contributed by atoms with Crippen LogP contribution in [0.3, 0.4) is 0 Å². The molecule has 1 aliphatic heterocycles. The number of hydrogen-bond donors (Lipinski definition) is 1. The van der Waals surface area contributed by atoms with Gasteiger partial charge in [-0.3, -0.25) is 10.1 Å². The topological polar surface area (TPSA) is 73.6 Å². The summed E-state index contributed by atoms with van der Waals surface area (Å²) in [6.07, 6.45) is 3.62. The van der Waals surface area contributed by atoms with Crippen molar-refractivity contribution in [3.63, 3.8) is 0 Å². The number of rotatable bonds is 6. The minimum absolute atomic E-state index is 0.118. The van der Waals surface area contributed by atoms with Gasteiger partial charge in [0.1, 0.15) is 0 Å². The molecule has 0 bridgehead atoms. The van der Waals surface area contributed by atoms with E-state index in [-0.39, 0.29) is 11.7 Å². The van der Waals surface area contributed by atoms with Crippen LogP contribution in [0.15, 0.2) is 10.6 Å². The molecule has 0 aliphatic carbocycles. The summed E-state index contributed by atoms with van der Waals surface area (Å²) in [5.41, 5.74) is 0.445. The van der Waals surface area contributed by atoms with Gasteiger partial charge < -0.3 is 14.0 Å². The normalized spacial score (nSPS) is 20.2. The van der Waals surface area contributed by atoms with Gasteiger partial charge in [0.25, 0.3) is 0 Å². The Morgan fingerprint density at radius 2 is 2.42 bits per heavy atom. The molecule has 6 nitrogen and oxygen atoms in total. The second-order valence-electron chi connectivity index (χ2n) is 5.33.